The quantitative estimate of drug-likeness (QED) is 0.804. The number of benzene rings is 1. The molecule has 1 saturated carbocycles. The van der Waals surface area contributed by atoms with Crippen LogP contribution < -0.4 is 5.73 Å². The van der Waals surface area contributed by atoms with Crippen molar-refractivity contribution in [2.45, 2.75) is 52.0 Å². The van der Waals surface area contributed by atoms with E-state index in [1.165, 1.54) is 11.1 Å². The van der Waals surface area contributed by atoms with E-state index in [9.17, 15) is 0 Å². The van der Waals surface area contributed by atoms with Crippen molar-refractivity contribution >= 4 is 0 Å². The molecule has 2 atom stereocenters. The molecule has 1 fully saturated rings. The number of hydrogen-bond acceptors (Lipinski definition) is 1. The van der Waals surface area contributed by atoms with Crippen LogP contribution in [0.5, 0.6) is 0 Å². The van der Waals surface area contributed by atoms with E-state index < -0.39 is 0 Å². The molecule has 1 nitrogen and oxygen atoms in total. The van der Waals surface area contributed by atoms with E-state index in [4.69, 9.17) is 5.73 Å². The molecule has 0 amide bonds. The van der Waals surface area contributed by atoms with Gasteiger partial charge in [0.15, 0.2) is 0 Å². The molecule has 0 radical (unpaired) electrons. The lowest BCUT2D eigenvalue weighted by atomic mass is 9.57. The van der Waals surface area contributed by atoms with Crippen molar-refractivity contribution in [1.29, 1.82) is 0 Å². The van der Waals surface area contributed by atoms with E-state index in [0.29, 0.717) is 17.9 Å². The third-order valence-corrected chi connectivity index (χ3v) is 4.35. The molecule has 2 unspecified atom stereocenters. The Bertz CT molecular complexity index is 362. The predicted molar refractivity (Wildman–Crippen MR) is 69.6 cm³/mol. The Morgan fingerprint density at radius 2 is 1.75 bits per heavy atom. The maximum atomic E-state index is 6.06. The zero-order valence-electron chi connectivity index (χ0n) is 10.8. The summed E-state index contributed by atoms with van der Waals surface area (Å²) in [5.74, 6) is 1.26. The largest absolute Gasteiger partial charge is 0.327 e. The molecule has 1 heteroatoms. The van der Waals surface area contributed by atoms with Gasteiger partial charge in [-0.05, 0) is 34.8 Å². The Morgan fingerprint density at radius 1 is 1.19 bits per heavy atom. The average Bonchev–Trinajstić information content (AvgIpc) is 2.26. The Hall–Kier alpha value is -0.820. The second kappa shape index (κ2) is 3.89. The molecule has 0 bridgehead atoms. The van der Waals surface area contributed by atoms with E-state index in [1.807, 2.05) is 0 Å². The second-order valence-corrected chi connectivity index (χ2v) is 6.04. The Morgan fingerprint density at radius 3 is 2.12 bits per heavy atom. The van der Waals surface area contributed by atoms with Gasteiger partial charge in [-0.3, -0.25) is 0 Å². The van der Waals surface area contributed by atoms with Gasteiger partial charge in [-0.25, -0.2) is 0 Å². The molecule has 0 spiro atoms. The van der Waals surface area contributed by atoms with E-state index >= 15 is 0 Å². The lowest BCUT2D eigenvalue weighted by molar-refractivity contribution is 0.0984. The minimum atomic E-state index is 0.263. The molecule has 88 valence electrons. The van der Waals surface area contributed by atoms with Crippen molar-refractivity contribution in [3.8, 4) is 0 Å². The zero-order chi connectivity index (χ0) is 11.9. The second-order valence-electron chi connectivity index (χ2n) is 6.04. The molecule has 0 heterocycles. The van der Waals surface area contributed by atoms with Crippen molar-refractivity contribution in [3.05, 3.63) is 35.4 Å². The van der Waals surface area contributed by atoms with Crippen molar-refractivity contribution in [2.24, 2.45) is 11.1 Å². The van der Waals surface area contributed by atoms with E-state index in [1.54, 1.807) is 0 Å². The summed E-state index contributed by atoms with van der Waals surface area (Å²) in [7, 11) is 0. The monoisotopic (exact) mass is 217 g/mol. The summed E-state index contributed by atoms with van der Waals surface area (Å²) in [6.45, 7) is 9.03. The summed E-state index contributed by atoms with van der Waals surface area (Å²) in [6, 6.07) is 9.46. The molecule has 1 aromatic carbocycles. The average molecular weight is 217 g/mol. The van der Waals surface area contributed by atoms with Crippen molar-refractivity contribution < 1.29 is 0 Å². The summed E-state index contributed by atoms with van der Waals surface area (Å²) in [4.78, 5) is 0. The fraction of sp³-hybridized carbons (Fsp3) is 0.600. The summed E-state index contributed by atoms with van der Waals surface area (Å²) in [5.41, 5.74) is 9.20. The van der Waals surface area contributed by atoms with Gasteiger partial charge in [0.1, 0.15) is 0 Å². The lowest BCUT2D eigenvalue weighted by Crippen LogP contribution is -2.52. The van der Waals surface area contributed by atoms with E-state index in [0.717, 1.165) is 6.42 Å². The van der Waals surface area contributed by atoms with Gasteiger partial charge in [-0.2, -0.15) is 0 Å². The normalized spacial score (nSPS) is 27.9. The fourth-order valence-corrected chi connectivity index (χ4v) is 2.64. The van der Waals surface area contributed by atoms with Crippen LogP contribution in [0.25, 0.3) is 0 Å². The van der Waals surface area contributed by atoms with Crippen LogP contribution in [0.2, 0.25) is 0 Å². The number of rotatable bonds is 2. The summed E-state index contributed by atoms with van der Waals surface area (Å²) in [5, 5.41) is 0. The zero-order valence-corrected chi connectivity index (χ0v) is 10.8. The Balaban J connectivity index is 2.18. The molecule has 1 aromatic rings. The topological polar surface area (TPSA) is 26.0 Å². The molecular formula is C15H23N. The minimum Gasteiger partial charge on any atom is -0.327 e. The maximum absolute atomic E-state index is 6.06. The highest BCUT2D eigenvalue weighted by Crippen LogP contribution is 2.51. The van der Waals surface area contributed by atoms with Crippen LogP contribution in [-0.2, 0) is 0 Å². The molecule has 2 rings (SSSR count). The molecule has 2 N–H and O–H groups in total. The standard InChI is InChI=1S/C15H23N/c1-10(2)11-5-7-12(8-6-11)13-9-14(16)15(13,3)4/h5-8,10,13-14H,9,16H2,1-4H3. The summed E-state index contributed by atoms with van der Waals surface area (Å²) in [6.07, 6.45) is 1.13. The minimum absolute atomic E-state index is 0.263. The van der Waals surface area contributed by atoms with Gasteiger partial charge in [-0.1, -0.05) is 52.0 Å². The molecule has 1 aliphatic rings. The van der Waals surface area contributed by atoms with Crippen molar-refractivity contribution in [3.63, 3.8) is 0 Å². The first-order chi connectivity index (χ1) is 7.43. The highest BCUT2D eigenvalue weighted by atomic mass is 14.8. The van der Waals surface area contributed by atoms with Crippen LogP contribution >= 0.6 is 0 Å². The third-order valence-electron chi connectivity index (χ3n) is 4.35. The Labute approximate surface area is 99.0 Å². The molecule has 0 aromatic heterocycles. The molecule has 16 heavy (non-hydrogen) atoms. The highest BCUT2D eigenvalue weighted by molar-refractivity contribution is 5.31. The van der Waals surface area contributed by atoms with Crippen LogP contribution in [0.15, 0.2) is 24.3 Å². The van der Waals surface area contributed by atoms with Crippen molar-refractivity contribution in [1.82, 2.24) is 0 Å². The number of nitrogens with two attached hydrogens (primary N) is 1. The van der Waals surface area contributed by atoms with Crippen LogP contribution in [-0.4, -0.2) is 6.04 Å². The first kappa shape index (κ1) is 11.7. The van der Waals surface area contributed by atoms with Gasteiger partial charge in [-0.15, -0.1) is 0 Å². The van der Waals surface area contributed by atoms with Crippen LogP contribution in [0.1, 0.15) is 57.1 Å². The highest BCUT2D eigenvalue weighted by Gasteiger charge is 2.46. The Kier molecular flexibility index (Phi) is 2.83. The fourth-order valence-electron chi connectivity index (χ4n) is 2.64. The van der Waals surface area contributed by atoms with Gasteiger partial charge in [0.05, 0.1) is 0 Å². The summed E-state index contributed by atoms with van der Waals surface area (Å²) < 4.78 is 0. The maximum Gasteiger partial charge on any atom is 0.0102 e. The first-order valence-corrected chi connectivity index (χ1v) is 6.28. The summed E-state index contributed by atoms with van der Waals surface area (Å²) >= 11 is 0. The molecule has 1 aliphatic carbocycles. The van der Waals surface area contributed by atoms with E-state index in [2.05, 4.69) is 52.0 Å². The van der Waals surface area contributed by atoms with Gasteiger partial charge >= 0.3 is 0 Å². The van der Waals surface area contributed by atoms with Crippen LogP contribution in [0.4, 0.5) is 0 Å². The van der Waals surface area contributed by atoms with Gasteiger partial charge in [0.25, 0.3) is 0 Å². The van der Waals surface area contributed by atoms with Crippen LogP contribution in [0, 0.1) is 5.41 Å². The SMILES string of the molecule is CC(C)c1ccc(C2CC(N)C2(C)C)cc1. The third kappa shape index (κ3) is 1.78. The molecular weight excluding hydrogens is 194 g/mol. The number of hydrogen-bond donors (Lipinski definition) is 1. The van der Waals surface area contributed by atoms with E-state index in [-0.39, 0.29) is 5.41 Å². The molecule has 0 saturated heterocycles. The van der Waals surface area contributed by atoms with Gasteiger partial charge in [0, 0.05) is 6.04 Å². The first-order valence-electron chi connectivity index (χ1n) is 6.28. The van der Waals surface area contributed by atoms with Gasteiger partial charge in [0.2, 0.25) is 0 Å². The molecule has 0 aliphatic heterocycles. The van der Waals surface area contributed by atoms with Crippen molar-refractivity contribution in [2.75, 3.05) is 0 Å². The van der Waals surface area contributed by atoms with Crippen LogP contribution in [0.3, 0.4) is 0 Å². The predicted octanol–water partition coefficient (Wildman–Crippen LogP) is 3.65. The lowest BCUT2D eigenvalue weighted by Gasteiger charge is -2.50. The smallest absolute Gasteiger partial charge is 0.0102 e. The van der Waals surface area contributed by atoms with Gasteiger partial charge < -0.3 is 5.73 Å².